The summed E-state index contributed by atoms with van der Waals surface area (Å²) >= 11 is 18.4. The first-order chi connectivity index (χ1) is 9.12. The summed E-state index contributed by atoms with van der Waals surface area (Å²) in [5, 5.41) is 1.37. The molecule has 1 aromatic rings. The maximum absolute atomic E-state index is 6.47. The monoisotopic (exact) mass is 318 g/mol. The van der Waals surface area contributed by atoms with Crippen LogP contribution in [0.3, 0.4) is 0 Å². The van der Waals surface area contributed by atoms with Crippen molar-refractivity contribution in [1.82, 2.24) is 0 Å². The molecule has 2 aliphatic rings. The van der Waals surface area contributed by atoms with E-state index in [1.807, 2.05) is 6.07 Å². The lowest BCUT2D eigenvalue weighted by molar-refractivity contribution is -0.0650. The number of alkyl halides is 1. The zero-order chi connectivity index (χ0) is 13.5. The highest BCUT2D eigenvalue weighted by Crippen LogP contribution is 2.55. The van der Waals surface area contributed by atoms with Crippen LogP contribution in [0, 0.1) is 5.41 Å². The van der Waals surface area contributed by atoms with E-state index in [-0.39, 0.29) is 16.9 Å². The van der Waals surface area contributed by atoms with Gasteiger partial charge < -0.3 is 4.74 Å². The summed E-state index contributed by atoms with van der Waals surface area (Å²) in [5.41, 5.74) is 0.186. The van der Waals surface area contributed by atoms with E-state index in [0.717, 1.165) is 12.2 Å². The van der Waals surface area contributed by atoms with Crippen molar-refractivity contribution in [2.75, 3.05) is 0 Å². The summed E-state index contributed by atoms with van der Waals surface area (Å²) < 4.78 is 6.12. The Morgan fingerprint density at radius 1 is 1.05 bits per heavy atom. The van der Waals surface area contributed by atoms with Crippen LogP contribution in [0.4, 0.5) is 0 Å². The van der Waals surface area contributed by atoms with Gasteiger partial charge in [0.2, 0.25) is 0 Å². The Labute approximate surface area is 129 Å². The molecule has 1 spiro atoms. The van der Waals surface area contributed by atoms with Crippen molar-refractivity contribution in [2.24, 2.45) is 5.41 Å². The Balaban J connectivity index is 1.74. The molecule has 2 atom stereocenters. The molecule has 3 rings (SSSR count). The van der Waals surface area contributed by atoms with E-state index in [1.165, 1.54) is 32.1 Å². The van der Waals surface area contributed by atoms with Crippen LogP contribution in [-0.4, -0.2) is 11.5 Å². The number of benzene rings is 1. The Morgan fingerprint density at radius 2 is 1.79 bits per heavy atom. The van der Waals surface area contributed by atoms with Crippen molar-refractivity contribution >= 4 is 34.8 Å². The molecule has 104 valence electrons. The van der Waals surface area contributed by atoms with Gasteiger partial charge in [0.05, 0.1) is 10.0 Å². The number of hydrogen-bond donors (Lipinski definition) is 0. The van der Waals surface area contributed by atoms with Crippen molar-refractivity contribution in [3.63, 3.8) is 0 Å². The van der Waals surface area contributed by atoms with E-state index < -0.39 is 0 Å². The van der Waals surface area contributed by atoms with Gasteiger partial charge in [-0.05, 0) is 25.0 Å². The van der Waals surface area contributed by atoms with Crippen LogP contribution in [0.25, 0.3) is 0 Å². The summed E-state index contributed by atoms with van der Waals surface area (Å²) in [6, 6.07) is 5.46. The highest BCUT2D eigenvalue weighted by Gasteiger charge is 2.55. The third-order valence-corrected chi connectivity index (χ3v) is 5.99. The number of ether oxygens (including phenoxy) is 1. The minimum Gasteiger partial charge on any atom is -0.490 e. The van der Waals surface area contributed by atoms with Crippen LogP contribution >= 0.6 is 34.8 Å². The summed E-state index contributed by atoms with van der Waals surface area (Å²) in [4.78, 5) is 0. The van der Waals surface area contributed by atoms with E-state index >= 15 is 0 Å². The van der Waals surface area contributed by atoms with Gasteiger partial charge in [0.25, 0.3) is 0 Å². The van der Waals surface area contributed by atoms with E-state index in [2.05, 4.69) is 0 Å². The third kappa shape index (κ3) is 2.46. The molecule has 1 nitrogen and oxygen atoms in total. The lowest BCUT2D eigenvalue weighted by atomic mass is 9.58. The van der Waals surface area contributed by atoms with Crippen molar-refractivity contribution in [3.05, 3.63) is 28.2 Å². The van der Waals surface area contributed by atoms with Crippen molar-refractivity contribution in [3.8, 4) is 5.75 Å². The molecular weight excluding hydrogens is 303 g/mol. The molecule has 0 saturated heterocycles. The Bertz CT molecular complexity index is 468. The topological polar surface area (TPSA) is 9.23 Å². The van der Waals surface area contributed by atoms with Gasteiger partial charge in [0.1, 0.15) is 11.9 Å². The highest BCUT2D eigenvalue weighted by atomic mass is 35.5. The van der Waals surface area contributed by atoms with Crippen LogP contribution in [0.15, 0.2) is 18.2 Å². The molecule has 1 aromatic carbocycles. The van der Waals surface area contributed by atoms with Gasteiger partial charge in [-0.2, -0.15) is 0 Å². The molecule has 2 aliphatic carbocycles. The van der Waals surface area contributed by atoms with Crippen LogP contribution in [0.1, 0.15) is 38.5 Å². The average molecular weight is 320 g/mol. The summed E-state index contributed by atoms with van der Waals surface area (Å²) in [5.74, 6) is 0.799. The molecule has 0 N–H and O–H groups in total. The highest BCUT2D eigenvalue weighted by molar-refractivity contribution is 6.42. The predicted molar refractivity (Wildman–Crippen MR) is 80.7 cm³/mol. The molecule has 0 amide bonds. The first-order valence-corrected chi connectivity index (χ1v) is 8.07. The molecule has 2 fully saturated rings. The molecule has 0 aliphatic heterocycles. The molecule has 0 bridgehead atoms. The van der Waals surface area contributed by atoms with Crippen molar-refractivity contribution in [2.45, 2.75) is 50.0 Å². The largest absolute Gasteiger partial charge is 0.490 e. The quantitative estimate of drug-likeness (QED) is 0.635. The van der Waals surface area contributed by atoms with Gasteiger partial charge in [0.15, 0.2) is 0 Å². The van der Waals surface area contributed by atoms with Crippen molar-refractivity contribution in [1.29, 1.82) is 0 Å². The van der Waals surface area contributed by atoms with Crippen molar-refractivity contribution < 1.29 is 4.74 Å². The number of hydrogen-bond acceptors (Lipinski definition) is 1. The molecule has 0 radical (unpaired) electrons. The van der Waals surface area contributed by atoms with Crippen LogP contribution < -0.4 is 4.74 Å². The SMILES string of the molecule is Clc1ccc(OC2CC(Cl)C23CCCCC3)cc1Cl. The Morgan fingerprint density at radius 3 is 2.42 bits per heavy atom. The summed E-state index contributed by atoms with van der Waals surface area (Å²) in [7, 11) is 0. The fraction of sp³-hybridized carbons (Fsp3) is 0.600. The van der Waals surface area contributed by atoms with E-state index in [0.29, 0.717) is 10.0 Å². The molecule has 19 heavy (non-hydrogen) atoms. The van der Waals surface area contributed by atoms with Crippen LogP contribution in [0.2, 0.25) is 10.0 Å². The first kappa shape index (κ1) is 13.9. The van der Waals surface area contributed by atoms with Crippen LogP contribution in [0.5, 0.6) is 5.75 Å². The fourth-order valence-corrected chi connectivity index (χ4v) is 4.23. The maximum Gasteiger partial charge on any atom is 0.121 e. The molecule has 2 saturated carbocycles. The summed E-state index contributed by atoms with van der Waals surface area (Å²) in [6.45, 7) is 0. The lowest BCUT2D eigenvalue weighted by Gasteiger charge is -2.55. The number of halogens is 3. The second-order valence-corrected chi connectivity index (χ2v) is 7.02. The minimum atomic E-state index is 0.186. The minimum absolute atomic E-state index is 0.186. The maximum atomic E-state index is 6.47. The molecule has 2 unspecified atom stereocenters. The zero-order valence-electron chi connectivity index (χ0n) is 10.7. The fourth-order valence-electron chi connectivity index (χ4n) is 3.42. The second kappa shape index (κ2) is 5.35. The van der Waals surface area contributed by atoms with Gasteiger partial charge in [-0.1, -0.05) is 42.5 Å². The molecular formula is C15H17Cl3O. The predicted octanol–water partition coefficient (Wildman–Crippen LogP) is 5.70. The zero-order valence-corrected chi connectivity index (χ0v) is 12.9. The van der Waals surface area contributed by atoms with Gasteiger partial charge >= 0.3 is 0 Å². The molecule has 4 heteroatoms. The van der Waals surface area contributed by atoms with Crippen LogP contribution in [-0.2, 0) is 0 Å². The lowest BCUT2D eigenvalue weighted by Crippen LogP contribution is -2.58. The molecule has 0 heterocycles. The van der Waals surface area contributed by atoms with E-state index in [1.54, 1.807) is 12.1 Å². The third-order valence-electron chi connectivity index (χ3n) is 4.64. The molecule has 0 aromatic heterocycles. The first-order valence-electron chi connectivity index (χ1n) is 6.87. The number of rotatable bonds is 2. The Kier molecular flexibility index (Phi) is 3.90. The second-order valence-electron chi connectivity index (χ2n) is 5.68. The average Bonchev–Trinajstić information content (AvgIpc) is 2.43. The smallest absolute Gasteiger partial charge is 0.121 e. The Hall–Kier alpha value is -0.110. The standard InChI is InChI=1S/C15H17Cl3O/c16-11-5-4-10(8-12(11)17)19-14-9-13(18)15(14)6-2-1-3-7-15/h4-5,8,13-14H,1-3,6-7,9H2. The van der Waals surface area contributed by atoms with Gasteiger partial charge in [-0.3, -0.25) is 0 Å². The van der Waals surface area contributed by atoms with Gasteiger partial charge in [-0.15, -0.1) is 11.6 Å². The normalized spacial score (nSPS) is 29.0. The van der Waals surface area contributed by atoms with E-state index in [9.17, 15) is 0 Å². The van der Waals surface area contributed by atoms with Gasteiger partial charge in [0, 0.05) is 23.3 Å². The van der Waals surface area contributed by atoms with E-state index in [4.69, 9.17) is 39.5 Å². The summed E-state index contributed by atoms with van der Waals surface area (Å²) in [6.07, 6.45) is 7.40. The van der Waals surface area contributed by atoms with Gasteiger partial charge in [-0.25, -0.2) is 0 Å².